The van der Waals surface area contributed by atoms with Gasteiger partial charge >= 0.3 is 6.09 Å². The molecule has 0 unspecified atom stereocenters. The van der Waals surface area contributed by atoms with Crippen molar-refractivity contribution in [2.45, 2.75) is 32.8 Å². The highest BCUT2D eigenvalue weighted by Gasteiger charge is 2.22. The number of furan rings is 1. The topological polar surface area (TPSA) is 89.8 Å². The van der Waals surface area contributed by atoms with Gasteiger partial charge in [0.25, 0.3) is 5.91 Å². The van der Waals surface area contributed by atoms with Crippen molar-refractivity contribution in [3.05, 3.63) is 53.8 Å². The van der Waals surface area contributed by atoms with E-state index >= 15 is 0 Å². The molecule has 3 aromatic rings. The molecule has 2 amide bonds. The maximum atomic E-state index is 13.3. The van der Waals surface area contributed by atoms with Crippen LogP contribution in [0.3, 0.4) is 0 Å². The third-order valence-corrected chi connectivity index (χ3v) is 4.48. The Kier molecular flexibility index (Phi) is 7.02. The van der Waals surface area contributed by atoms with Crippen molar-refractivity contribution < 1.29 is 27.9 Å². The zero-order valence-corrected chi connectivity index (χ0v) is 18.6. The van der Waals surface area contributed by atoms with E-state index in [2.05, 4.69) is 10.6 Å². The van der Waals surface area contributed by atoms with E-state index < -0.39 is 11.7 Å². The highest BCUT2D eigenvalue weighted by Crippen LogP contribution is 2.35. The van der Waals surface area contributed by atoms with Crippen LogP contribution in [0.25, 0.3) is 22.3 Å². The van der Waals surface area contributed by atoms with Gasteiger partial charge in [0, 0.05) is 24.5 Å². The molecule has 0 spiro atoms. The summed E-state index contributed by atoms with van der Waals surface area (Å²) in [6.45, 7) is 6.17. The quantitative estimate of drug-likeness (QED) is 0.509. The first-order chi connectivity index (χ1) is 15.2. The second-order valence-corrected chi connectivity index (χ2v) is 8.18. The van der Waals surface area contributed by atoms with Crippen molar-refractivity contribution >= 4 is 23.0 Å². The van der Waals surface area contributed by atoms with E-state index in [1.165, 1.54) is 19.2 Å². The molecule has 1 aromatic heterocycles. The van der Waals surface area contributed by atoms with Crippen molar-refractivity contribution in [1.29, 1.82) is 0 Å². The number of carbonyl (C=O) groups is 2. The zero-order chi connectivity index (χ0) is 23.3. The van der Waals surface area contributed by atoms with Gasteiger partial charge in [-0.25, -0.2) is 9.18 Å². The van der Waals surface area contributed by atoms with Crippen molar-refractivity contribution in [3.63, 3.8) is 0 Å². The molecule has 0 saturated carbocycles. The standard InChI is InChI=1S/C24H27FN2O5/c1-24(2,3)32-23(29)27-12-5-13-30-17-10-11-19-18(14-17)20(22(28)26-4)21(31-19)15-6-8-16(25)9-7-15/h6-11,14H,5,12-13H2,1-4H3,(H,26,28)(H,27,29). The minimum Gasteiger partial charge on any atom is -0.494 e. The van der Waals surface area contributed by atoms with Crippen molar-refractivity contribution in [2.24, 2.45) is 0 Å². The number of nitrogens with one attached hydrogen (secondary N) is 2. The summed E-state index contributed by atoms with van der Waals surface area (Å²) in [5.41, 5.74) is 0.917. The van der Waals surface area contributed by atoms with Crippen LogP contribution in [0.4, 0.5) is 9.18 Å². The van der Waals surface area contributed by atoms with Crippen LogP contribution < -0.4 is 15.4 Å². The lowest BCUT2D eigenvalue weighted by atomic mass is 10.0. The van der Waals surface area contributed by atoms with Gasteiger partial charge in [0.15, 0.2) is 0 Å². The third kappa shape index (κ3) is 5.78. The first-order valence-corrected chi connectivity index (χ1v) is 10.3. The summed E-state index contributed by atoms with van der Waals surface area (Å²) in [5.74, 6) is 0.231. The van der Waals surface area contributed by atoms with Crippen LogP contribution in [-0.2, 0) is 4.74 Å². The van der Waals surface area contributed by atoms with Gasteiger partial charge in [0.2, 0.25) is 0 Å². The summed E-state index contributed by atoms with van der Waals surface area (Å²) >= 11 is 0. The molecule has 0 bridgehead atoms. The summed E-state index contributed by atoms with van der Waals surface area (Å²) in [6.07, 6.45) is 0.104. The first-order valence-electron chi connectivity index (χ1n) is 10.3. The molecular weight excluding hydrogens is 415 g/mol. The molecule has 0 aliphatic heterocycles. The SMILES string of the molecule is CNC(=O)c1c(-c2ccc(F)cc2)oc2ccc(OCCCNC(=O)OC(C)(C)C)cc12. The lowest BCUT2D eigenvalue weighted by molar-refractivity contribution is 0.0525. The summed E-state index contributed by atoms with van der Waals surface area (Å²) < 4.78 is 30.2. The molecule has 0 fully saturated rings. The van der Waals surface area contributed by atoms with Gasteiger partial charge in [0.05, 0.1) is 12.2 Å². The van der Waals surface area contributed by atoms with Gasteiger partial charge in [-0.2, -0.15) is 0 Å². The maximum absolute atomic E-state index is 13.3. The monoisotopic (exact) mass is 442 g/mol. The number of carbonyl (C=O) groups excluding carboxylic acids is 2. The predicted molar refractivity (Wildman–Crippen MR) is 119 cm³/mol. The van der Waals surface area contributed by atoms with Gasteiger partial charge in [0.1, 0.15) is 28.5 Å². The molecule has 170 valence electrons. The van der Waals surface area contributed by atoms with Gasteiger partial charge in [-0.3, -0.25) is 4.79 Å². The normalized spacial score (nSPS) is 11.3. The molecule has 32 heavy (non-hydrogen) atoms. The van der Waals surface area contributed by atoms with Gasteiger partial charge in [-0.1, -0.05) is 0 Å². The molecular formula is C24H27FN2O5. The van der Waals surface area contributed by atoms with E-state index in [1.54, 1.807) is 51.1 Å². The summed E-state index contributed by atoms with van der Waals surface area (Å²) in [5, 5.41) is 5.89. The lowest BCUT2D eigenvalue weighted by Gasteiger charge is -2.19. The fraction of sp³-hybridized carbons (Fsp3) is 0.333. The van der Waals surface area contributed by atoms with E-state index in [-0.39, 0.29) is 11.7 Å². The number of rotatable bonds is 7. The number of hydrogen-bond donors (Lipinski definition) is 2. The Balaban J connectivity index is 1.71. The Bertz CT molecular complexity index is 1100. The summed E-state index contributed by atoms with van der Waals surface area (Å²) in [6, 6.07) is 11.0. The molecule has 0 atom stereocenters. The van der Waals surface area contributed by atoms with E-state index in [4.69, 9.17) is 13.9 Å². The molecule has 0 aliphatic carbocycles. The van der Waals surface area contributed by atoms with Crippen LogP contribution in [0.5, 0.6) is 5.75 Å². The van der Waals surface area contributed by atoms with E-state index in [9.17, 15) is 14.0 Å². The summed E-state index contributed by atoms with van der Waals surface area (Å²) in [4.78, 5) is 24.2. The Morgan fingerprint density at radius 2 is 1.81 bits per heavy atom. The number of ether oxygens (including phenoxy) is 2. The Labute approximate surface area is 185 Å². The molecule has 3 rings (SSSR count). The molecule has 8 heteroatoms. The Morgan fingerprint density at radius 1 is 1.09 bits per heavy atom. The largest absolute Gasteiger partial charge is 0.494 e. The van der Waals surface area contributed by atoms with E-state index in [0.29, 0.717) is 53.2 Å². The van der Waals surface area contributed by atoms with Crippen LogP contribution in [0.2, 0.25) is 0 Å². The van der Waals surface area contributed by atoms with Crippen molar-refractivity contribution in [3.8, 4) is 17.1 Å². The Morgan fingerprint density at radius 3 is 2.47 bits per heavy atom. The molecule has 0 radical (unpaired) electrons. The fourth-order valence-electron chi connectivity index (χ4n) is 3.09. The molecule has 2 N–H and O–H groups in total. The zero-order valence-electron chi connectivity index (χ0n) is 18.6. The maximum Gasteiger partial charge on any atom is 0.407 e. The second kappa shape index (κ2) is 9.72. The summed E-state index contributed by atoms with van der Waals surface area (Å²) in [7, 11) is 1.54. The van der Waals surface area contributed by atoms with Crippen LogP contribution in [-0.4, -0.2) is 37.8 Å². The second-order valence-electron chi connectivity index (χ2n) is 8.18. The number of benzene rings is 2. The van der Waals surface area contributed by atoms with Gasteiger partial charge in [-0.15, -0.1) is 0 Å². The van der Waals surface area contributed by atoms with Crippen molar-refractivity contribution in [2.75, 3.05) is 20.2 Å². The van der Waals surface area contributed by atoms with E-state index in [0.717, 1.165) is 0 Å². The van der Waals surface area contributed by atoms with Gasteiger partial charge in [-0.05, 0) is 69.7 Å². The first kappa shape index (κ1) is 23.1. The van der Waals surface area contributed by atoms with Crippen LogP contribution in [0.1, 0.15) is 37.6 Å². The lowest BCUT2D eigenvalue weighted by Crippen LogP contribution is -2.33. The number of alkyl carbamates (subject to hydrolysis) is 1. The highest BCUT2D eigenvalue weighted by atomic mass is 19.1. The molecule has 1 heterocycles. The number of hydrogen-bond acceptors (Lipinski definition) is 5. The molecule has 0 aliphatic rings. The minimum absolute atomic E-state index is 0.318. The average molecular weight is 442 g/mol. The molecule has 2 aromatic carbocycles. The number of amides is 2. The average Bonchev–Trinajstić information content (AvgIpc) is 3.11. The molecule has 7 nitrogen and oxygen atoms in total. The highest BCUT2D eigenvalue weighted by molar-refractivity contribution is 6.11. The van der Waals surface area contributed by atoms with Crippen LogP contribution >= 0.6 is 0 Å². The smallest absolute Gasteiger partial charge is 0.407 e. The van der Waals surface area contributed by atoms with Crippen LogP contribution in [0, 0.1) is 5.82 Å². The minimum atomic E-state index is -0.546. The van der Waals surface area contributed by atoms with Crippen molar-refractivity contribution in [1.82, 2.24) is 10.6 Å². The van der Waals surface area contributed by atoms with Crippen LogP contribution in [0.15, 0.2) is 46.9 Å². The Hall–Kier alpha value is -3.55. The van der Waals surface area contributed by atoms with Gasteiger partial charge < -0.3 is 24.5 Å². The fourth-order valence-corrected chi connectivity index (χ4v) is 3.09. The molecule has 0 saturated heterocycles. The third-order valence-electron chi connectivity index (χ3n) is 4.48. The number of halogens is 1. The van der Waals surface area contributed by atoms with E-state index in [1.807, 2.05) is 0 Å². The number of fused-ring (bicyclic) bond motifs is 1. The predicted octanol–water partition coefficient (Wildman–Crippen LogP) is 4.89.